The average Bonchev–Trinajstić information content (AvgIpc) is 3.35. The zero-order valence-electron chi connectivity index (χ0n) is 19.9. The minimum Gasteiger partial charge on any atom is -0.497 e. The highest BCUT2D eigenvalue weighted by Crippen LogP contribution is 2.35. The number of nitrogens with zero attached hydrogens (tertiary/aromatic N) is 4. The van der Waals surface area contributed by atoms with Crippen molar-refractivity contribution in [3.63, 3.8) is 0 Å². The molecule has 0 spiro atoms. The molecular weight excluding hydrogens is 476 g/mol. The van der Waals surface area contributed by atoms with Crippen molar-refractivity contribution >= 4 is 44.0 Å². The predicted molar refractivity (Wildman–Crippen MR) is 142 cm³/mol. The quantitative estimate of drug-likeness (QED) is 0.226. The van der Waals surface area contributed by atoms with Crippen LogP contribution >= 0.6 is 11.3 Å². The van der Waals surface area contributed by atoms with Gasteiger partial charge in [-0.15, -0.1) is 0 Å². The van der Waals surface area contributed by atoms with Crippen LogP contribution in [0.1, 0.15) is 35.2 Å². The van der Waals surface area contributed by atoms with Crippen LogP contribution in [-0.2, 0) is 6.54 Å². The summed E-state index contributed by atoms with van der Waals surface area (Å²) in [5, 5.41) is 12.5. The molecule has 1 aliphatic heterocycles. The first-order chi connectivity index (χ1) is 17.5. The van der Waals surface area contributed by atoms with E-state index in [0.717, 1.165) is 48.1 Å². The molecule has 1 saturated heterocycles. The Morgan fingerprint density at radius 2 is 1.86 bits per heavy atom. The van der Waals surface area contributed by atoms with E-state index in [1.54, 1.807) is 24.1 Å². The van der Waals surface area contributed by atoms with Crippen LogP contribution in [0, 0.1) is 10.1 Å². The van der Waals surface area contributed by atoms with Gasteiger partial charge in [-0.25, -0.2) is 4.98 Å². The molecule has 0 unspecified atom stereocenters. The fourth-order valence-electron chi connectivity index (χ4n) is 4.49. The normalized spacial score (nSPS) is 13.5. The molecule has 3 aromatic carbocycles. The number of hydrogen-bond donors (Lipinski definition) is 0. The number of methoxy groups -OCH3 is 1. The summed E-state index contributed by atoms with van der Waals surface area (Å²) < 4.78 is 6.24. The van der Waals surface area contributed by atoms with Crippen molar-refractivity contribution in [1.82, 2.24) is 4.98 Å². The Morgan fingerprint density at radius 3 is 2.58 bits per heavy atom. The van der Waals surface area contributed by atoms with Crippen LogP contribution in [0.25, 0.3) is 10.2 Å². The minimum absolute atomic E-state index is 0.0450. The standard InChI is InChI=1S/C27H26N4O4S/c1-35-21-11-13-25-22(17-21)28-27(36-25)30(18-19-8-4-2-5-9-19)26(32)20-10-12-23(24(16-20)31(33)34)29-14-6-3-7-15-29/h2,4-5,8-13,16-17H,3,6-7,14-15,18H2,1H3. The molecule has 1 aliphatic rings. The summed E-state index contributed by atoms with van der Waals surface area (Å²) in [7, 11) is 1.60. The zero-order valence-corrected chi connectivity index (χ0v) is 20.7. The van der Waals surface area contributed by atoms with Gasteiger partial charge < -0.3 is 9.64 Å². The molecule has 36 heavy (non-hydrogen) atoms. The van der Waals surface area contributed by atoms with Gasteiger partial charge in [-0.2, -0.15) is 0 Å². The van der Waals surface area contributed by atoms with Crippen molar-refractivity contribution < 1.29 is 14.5 Å². The largest absolute Gasteiger partial charge is 0.497 e. The number of fused-ring (bicyclic) bond motifs is 1. The van der Waals surface area contributed by atoms with Crippen molar-refractivity contribution in [2.75, 3.05) is 30.0 Å². The lowest BCUT2D eigenvalue weighted by molar-refractivity contribution is -0.384. The SMILES string of the molecule is COc1ccc2sc(N(Cc3ccccc3)C(=O)c3ccc(N4CCCCC4)c([N+](=O)[O-])c3)nc2c1. The molecular formula is C27H26N4O4S. The van der Waals surface area contributed by atoms with E-state index in [1.165, 1.54) is 17.4 Å². The van der Waals surface area contributed by atoms with Crippen LogP contribution in [-0.4, -0.2) is 36.0 Å². The van der Waals surface area contributed by atoms with E-state index in [0.29, 0.717) is 16.6 Å². The molecule has 2 heterocycles. The van der Waals surface area contributed by atoms with Crippen LogP contribution in [0.5, 0.6) is 5.75 Å². The fraction of sp³-hybridized carbons (Fsp3) is 0.259. The molecule has 9 heteroatoms. The summed E-state index contributed by atoms with van der Waals surface area (Å²) in [6.45, 7) is 1.85. The van der Waals surface area contributed by atoms with Gasteiger partial charge in [0, 0.05) is 30.8 Å². The Morgan fingerprint density at radius 1 is 1.08 bits per heavy atom. The molecule has 0 bridgehead atoms. The molecule has 0 atom stereocenters. The van der Waals surface area contributed by atoms with Gasteiger partial charge >= 0.3 is 0 Å². The fourth-order valence-corrected chi connectivity index (χ4v) is 5.43. The number of ether oxygens (including phenoxy) is 1. The lowest BCUT2D eigenvalue weighted by Crippen LogP contribution is -2.31. The second-order valence-electron chi connectivity index (χ2n) is 8.72. The number of nitro benzene ring substituents is 1. The van der Waals surface area contributed by atoms with E-state index in [9.17, 15) is 14.9 Å². The molecule has 184 valence electrons. The first-order valence-corrected chi connectivity index (χ1v) is 12.7. The first kappa shape index (κ1) is 23.7. The van der Waals surface area contributed by atoms with Crippen molar-refractivity contribution in [1.29, 1.82) is 0 Å². The summed E-state index contributed by atoms with van der Waals surface area (Å²) in [5.41, 5.74) is 2.44. The van der Waals surface area contributed by atoms with Crippen LogP contribution in [0.4, 0.5) is 16.5 Å². The van der Waals surface area contributed by atoms with Gasteiger partial charge in [-0.3, -0.25) is 19.8 Å². The molecule has 0 radical (unpaired) electrons. The Kier molecular flexibility index (Phi) is 6.81. The number of hydrogen-bond acceptors (Lipinski definition) is 7. The third-order valence-electron chi connectivity index (χ3n) is 6.36. The molecule has 8 nitrogen and oxygen atoms in total. The van der Waals surface area contributed by atoms with Crippen LogP contribution in [0.15, 0.2) is 66.7 Å². The van der Waals surface area contributed by atoms with Gasteiger partial charge in [0.1, 0.15) is 11.4 Å². The molecule has 1 fully saturated rings. The highest BCUT2D eigenvalue weighted by atomic mass is 32.1. The van der Waals surface area contributed by atoms with E-state index in [4.69, 9.17) is 9.72 Å². The summed E-state index contributed by atoms with van der Waals surface area (Å²) >= 11 is 1.40. The number of rotatable bonds is 7. The maximum absolute atomic E-state index is 13.8. The lowest BCUT2D eigenvalue weighted by atomic mass is 10.1. The predicted octanol–water partition coefficient (Wildman–Crippen LogP) is 6.05. The van der Waals surface area contributed by atoms with Crippen LogP contribution < -0.4 is 14.5 Å². The first-order valence-electron chi connectivity index (χ1n) is 11.9. The highest BCUT2D eigenvalue weighted by molar-refractivity contribution is 7.22. The smallest absolute Gasteiger partial charge is 0.293 e. The topological polar surface area (TPSA) is 88.8 Å². The third kappa shape index (κ3) is 4.87. The molecule has 0 aliphatic carbocycles. The number of thiazole rings is 1. The molecule has 5 rings (SSSR count). The Balaban J connectivity index is 1.54. The second kappa shape index (κ2) is 10.3. The third-order valence-corrected chi connectivity index (χ3v) is 7.42. The maximum Gasteiger partial charge on any atom is 0.293 e. The van der Waals surface area contributed by atoms with E-state index in [2.05, 4.69) is 0 Å². The van der Waals surface area contributed by atoms with Crippen LogP contribution in [0.3, 0.4) is 0 Å². The molecule has 0 saturated carbocycles. The van der Waals surface area contributed by atoms with Crippen molar-refractivity contribution in [2.24, 2.45) is 0 Å². The van der Waals surface area contributed by atoms with E-state index in [-0.39, 0.29) is 23.7 Å². The monoisotopic (exact) mass is 502 g/mol. The molecule has 4 aromatic rings. The summed E-state index contributed by atoms with van der Waals surface area (Å²) in [6.07, 6.45) is 3.14. The Labute approximate surface area is 212 Å². The number of anilines is 2. The molecule has 1 aromatic heterocycles. The van der Waals surface area contributed by atoms with Crippen molar-refractivity contribution in [3.8, 4) is 5.75 Å². The lowest BCUT2D eigenvalue weighted by Gasteiger charge is -2.28. The van der Waals surface area contributed by atoms with Crippen molar-refractivity contribution in [3.05, 3.63) is 88.0 Å². The number of amides is 1. The van der Waals surface area contributed by atoms with Gasteiger partial charge in [0.05, 0.1) is 28.8 Å². The van der Waals surface area contributed by atoms with Gasteiger partial charge in [0.2, 0.25) is 0 Å². The van der Waals surface area contributed by atoms with Gasteiger partial charge in [-0.05, 0) is 49.1 Å². The number of carbonyl (C=O) groups is 1. The summed E-state index contributed by atoms with van der Waals surface area (Å²) in [4.78, 5) is 33.8. The second-order valence-corrected chi connectivity index (χ2v) is 9.72. The number of nitro groups is 1. The van der Waals surface area contributed by atoms with Gasteiger partial charge in [-0.1, -0.05) is 41.7 Å². The van der Waals surface area contributed by atoms with Crippen LogP contribution in [0.2, 0.25) is 0 Å². The number of benzene rings is 3. The number of piperidine rings is 1. The van der Waals surface area contributed by atoms with Gasteiger partial charge in [0.15, 0.2) is 5.13 Å². The Bertz CT molecular complexity index is 1400. The number of aromatic nitrogens is 1. The minimum atomic E-state index is -0.397. The molecule has 1 amide bonds. The maximum atomic E-state index is 13.8. The summed E-state index contributed by atoms with van der Waals surface area (Å²) in [6, 6.07) is 20.0. The number of carbonyl (C=O) groups excluding carboxylic acids is 1. The summed E-state index contributed by atoms with van der Waals surface area (Å²) in [5.74, 6) is 0.349. The van der Waals surface area contributed by atoms with E-state index < -0.39 is 4.92 Å². The molecule has 0 N–H and O–H groups in total. The van der Waals surface area contributed by atoms with E-state index >= 15 is 0 Å². The van der Waals surface area contributed by atoms with Crippen molar-refractivity contribution in [2.45, 2.75) is 25.8 Å². The van der Waals surface area contributed by atoms with Gasteiger partial charge in [0.25, 0.3) is 11.6 Å². The average molecular weight is 503 g/mol. The Hall–Kier alpha value is -3.98. The highest BCUT2D eigenvalue weighted by Gasteiger charge is 2.27. The van der Waals surface area contributed by atoms with E-state index in [1.807, 2.05) is 53.4 Å². The zero-order chi connectivity index (χ0) is 25.1.